The molecule has 0 aliphatic heterocycles. The number of aromatic nitrogens is 7. The van der Waals surface area contributed by atoms with Crippen LogP contribution < -0.4 is 16.7 Å². The van der Waals surface area contributed by atoms with Gasteiger partial charge in [-0.15, -0.1) is 0 Å². The number of nitrogens with one attached hydrogen (secondary N) is 3. The predicted octanol–water partition coefficient (Wildman–Crippen LogP) is 10.9. The van der Waals surface area contributed by atoms with E-state index >= 15 is 0 Å². The summed E-state index contributed by atoms with van der Waals surface area (Å²) >= 11 is 0. The van der Waals surface area contributed by atoms with Crippen molar-refractivity contribution in [2.75, 3.05) is 0 Å². The Balaban J connectivity index is 0.000000147. The van der Waals surface area contributed by atoms with Crippen LogP contribution in [0.5, 0.6) is 0 Å². The van der Waals surface area contributed by atoms with Crippen LogP contribution in [0.1, 0.15) is 16.7 Å². The Morgan fingerprint density at radius 1 is 0.424 bits per heavy atom. The molecule has 0 atom stereocenters. The number of benzene rings is 5. The first-order valence-corrected chi connectivity index (χ1v) is 19.0. The number of para-hydroxylation sites is 2. The van der Waals surface area contributed by atoms with Gasteiger partial charge in [0, 0.05) is 40.7 Å². The summed E-state index contributed by atoms with van der Waals surface area (Å²) in [6.45, 7) is 0. The van der Waals surface area contributed by atoms with Crippen molar-refractivity contribution in [3.63, 3.8) is 0 Å². The van der Waals surface area contributed by atoms with E-state index in [0.717, 1.165) is 12.1 Å². The van der Waals surface area contributed by atoms with E-state index in [9.17, 15) is 58.3 Å². The smallest absolute Gasteiger partial charge is 0.306 e. The summed E-state index contributed by atoms with van der Waals surface area (Å²) in [5.41, 5.74) is -3.68. The Hall–Kier alpha value is -8.29. The second-order valence-corrected chi connectivity index (χ2v) is 13.9. The molecule has 9 rings (SSSR count). The minimum atomic E-state index is -4.69. The Bertz CT molecular complexity index is 3390. The highest BCUT2D eigenvalue weighted by Gasteiger charge is 2.36. The second-order valence-electron chi connectivity index (χ2n) is 13.9. The molecule has 0 radical (unpaired) electrons. The van der Waals surface area contributed by atoms with Gasteiger partial charge in [-0.25, -0.2) is 19.3 Å². The molecular formula is C46H27F10N7O3. The van der Waals surface area contributed by atoms with Crippen molar-refractivity contribution in [1.29, 1.82) is 0 Å². The molecule has 0 spiro atoms. The van der Waals surface area contributed by atoms with Gasteiger partial charge in [0.25, 0.3) is 16.7 Å². The Kier molecular flexibility index (Phi) is 12.8. The van der Waals surface area contributed by atoms with Crippen LogP contribution in [0.4, 0.5) is 43.9 Å². The van der Waals surface area contributed by atoms with Gasteiger partial charge < -0.3 is 15.0 Å². The molecule has 0 bridgehead atoms. The molecule has 334 valence electrons. The van der Waals surface area contributed by atoms with E-state index in [1.165, 1.54) is 67.0 Å². The molecule has 10 nitrogen and oxygen atoms in total. The molecule has 5 aromatic carbocycles. The number of halogens is 10. The van der Waals surface area contributed by atoms with Crippen LogP contribution in [0.2, 0.25) is 0 Å². The lowest BCUT2D eigenvalue weighted by Crippen LogP contribution is -2.13. The summed E-state index contributed by atoms with van der Waals surface area (Å²) in [6, 6.07) is 29.2. The van der Waals surface area contributed by atoms with Crippen molar-refractivity contribution in [2.24, 2.45) is 0 Å². The minimum Gasteiger partial charge on any atom is -0.306 e. The number of hydrogen-bond acceptors (Lipinski definition) is 7. The van der Waals surface area contributed by atoms with Crippen LogP contribution in [0.15, 0.2) is 160 Å². The Labute approximate surface area is 363 Å². The van der Waals surface area contributed by atoms with Gasteiger partial charge in [-0.3, -0.25) is 19.4 Å². The van der Waals surface area contributed by atoms with Crippen LogP contribution in [-0.4, -0.2) is 34.9 Å². The molecule has 0 aliphatic carbocycles. The molecule has 9 aromatic rings. The molecule has 0 amide bonds. The summed E-state index contributed by atoms with van der Waals surface area (Å²) in [4.78, 5) is 58.9. The number of hydrogen-bond donors (Lipinski definition) is 3. The fourth-order valence-corrected chi connectivity index (χ4v) is 6.52. The van der Waals surface area contributed by atoms with E-state index in [1.807, 2.05) is 0 Å². The van der Waals surface area contributed by atoms with E-state index in [-0.39, 0.29) is 45.2 Å². The third-order valence-electron chi connectivity index (χ3n) is 9.46. The van der Waals surface area contributed by atoms with Gasteiger partial charge in [-0.05, 0) is 66.7 Å². The van der Waals surface area contributed by atoms with Gasteiger partial charge in [0.2, 0.25) is 0 Å². The van der Waals surface area contributed by atoms with Crippen molar-refractivity contribution in [1.82, 2.24) is 34.9 Å². The van der Waals surface area contributed by atoms with Crippen molar-refractivity contribution in [3.8, 4) is 45.4 Å². The van der Waals surface area contributed by atoms with E-state index in [1.54, 1.807) is 48.5 Å². The lowest BCUT2D eigenvalue weighted by atomic mass is 10.1. The molecule has 0 aliphatic rings. The highest BCUT2D eigenvalue weighted by atomic mass is 19.4. The largest absolute Gasteiger partial charge is 0.417 e. The predicted molar refractivity (Wildman–Crippen MR) is 224 cm³/mol. The fourth-order valence-electron chi connectivity index (χ4n) is 6.52. The van der Waals surface area contributed by atoms with Gasteiger partial charge >= 0.3 is 18.5 Å². The molecule has 0 saturated carbocycles. The van der Waals surface area contributed by atoms with E-state index in [2.05, 4.69) is 34.9 Å². The zero-order chi connectivity index (χ0) is 47.4. The van der Waals surface area contributed by atoms with Crippen LogP contribution in [0.3, 0.4) is 0 Å². The molecule has 0 saturated heterocycles. The third kappa shape index (κ3) is 10.4. The van der Waals surface area contributed by atoms with Crippen molar-refractivity contribution >= 4 is 21.8 Å². The minimum absolute atomic E-state index is 0.0911. The quantitative estimate of drug-likeness (QED) is 0.149. The number of pyridine rings is 1. The third-order valence-corrected chi connectivity index (χ3v) is 9.46. The second kappa shape index (κ2) is 18.4. The normalized spacial score (nSPS) is 11.7. The number of aromatic amines is 3. The van der Waals surface area contributed by atoms with Crippen LogP contribution >= 0.6 is 0 Å². The summed E-state index contributed by atoms with van der Waals surface area (Å²) < 4.78 is 131. The average Bonchev–Trinajstić information content (AvgIpc) is 3.28. The number of fused-ring (bicyclic) bond motifs is 2. The maximum atomic E-state index is 13.3. The zero-order valence-electron chi connectivity index (χ0n) is 33.1. The summed E-state index contributed by atoms with van der Waals surface area (Å²) in [7, 11) is 0. The number of nitrogens with zero attached hydrogens (tertiary/aromatic N) is 4. The maximum Gasteiger partial charge on any atom is 0.417 e. The highest BCUT2D eigenvalue weighted by molar-refractivity contribution is 5.81. The Morgan fingerprint density at radius 2 is 0.848 bits per heavy atom. The first kappa shape index (κ1) is 45.7. The zero-order valence-corrected chi connectivity index (χ0v) is 33.1. The van der Waals surface area contributed by atoms with Crippen LogP contribution in [0, 0.1) is 5.82 Å². The van der Waals surface area contributed by atoms with Crippen molar-refractivity contribution in [3.05, 3.63) is 199 Å². The van der Waals surface area contributed by atoms with Gasteiger partial charge in [0.1, 0.15) is 23.3 Å². The van der Waals surface area contributed by atoms with Crippen molar-refractivity contribution < 1.29 is 43.9 Å². The molecule has 4 aromatic heterocycles. The first-order chi connectivity index (χ1) is 31.3. The van der Waals surface area contributed by atoms with Crippen LogP contribution in [-0.2, 0) is 18.5 Å². The number of alkyl halides is 9. The lowest BCUT2D eigenvalue weighted by Gasteiger charge is -2.12. The van der Waals surface area contributed by atoms with Gasteiger partial charge in [-0.2, -0.15) is 39.5 Å². The average molecular weight is 916 g/mol. The lowest BCUT2D eigenvalue weighted by molar-refractivity contribution is -0.138. The van der Waals surface area contributed by atoms with E-state index in [4.69, 9.17) is 0 Å². The maximum absolute atomic E-state index is 13.3. The summed E-state index contributed by atoms with van der Waals surface area (Å²) in [6.07, 6.45) is -10.7. The number of H-pyrrole nitrogens is 3. The monoisotopic (exact) mass is 915 g/mol. The molecule has 3 N–H and O–H groups in total. The molecule has 0 unspecified atom stereocenters. The number of rotatable bonds is 4. The molecular weight excluding hydrogens is 889 g/mol. The fraction of sp³-hybridized carbons (Fsp3) is 0.0652. The Morgan fingerprint density at radius 3 is 1.35 bits per heavy atom. The first-order valence-electron chi connectivity index (χ1n) is 19.0. The van der Waals surface area contributed by atoms with Crippen LogP contribution in [0.25, 0.3) is 67.2 Å². The highest BCUT2D eigenvalue weighted by Crippen LogP contribution is 2.38. The molecule has 0 fully saturated rings. The summed E-state index contributed by atoms with van der Waals surface area (Å²) in [5.74, 6) is -1.39. The van der Waals surface area contributed by atoms with Gasteiger partial charge in [0.05, 0.1) is 44.2 Å². The molecule has 20 heteroatoms. The van der Waals surface area contributed by atoms with Gasteiger partial charge in [-0.1, -0.05) is 60.7 Å². The van der Waals surface area contributed by atoms with E-state index in [0.29, 0.717) is 34.7 Å². The molecule has 66 heavy (non-hydrogen) atoms. The summed E-state index contributed by atoms with van der Waals surface area (Å²) in [5, 5.41) is 0.585. The SMILES string of the molecule is O=c1[nH]c(-c2cc(F)ccc2C(F)(F)F)nc2ccccc12.O=c1[nH]c(-c2ccccc2C(F)(F)F)nc2ccccc12.O=c1cc(-c2ccncc2)nc(-c2ccccc2C(F)(F)F)[nH]1. The van der Waals surface area contributed by atoms with Gasteiger partial charge in [0.15, 0.2) is 0 Å². The topological polar surface area (TPSA) is 150 Å². The van der Waals surface area contributed by atoms with E-state index < -0.39 is 63.3 Å². The van der Waals surface area contributed by atoms with Crippen molar-refractivity contribution in [2.45, 2.75) is 18.5 Å². The molecule has 4 heterocycles. The standard InChI is InChI=1S/C16H10F3N3O.C15H8F4N2O.C15H9F3N2O/c17-16(18,19)12-4-2-1-3-11(12)15-21-13(9-14(23)22-15)10-5-7-20-8-6-10;16-8-5-6-11(15(17,18)19)10(7-8)13-20-12-4-2-1-3-9(12)14(22)21-13;16-15(17,18)11-7-3-1-5-9(11)13-19-12-8-4-2-6-10(12)14(21)20-13/h1-9H,(H,21,22,23);1-7H,(H,20,21,22);1-8H,(H,19,20,21).